The van der Waals surface area contributed by atoms with Gasteiger partial charge in [0, 0.05) is 31.4 Å². The molecule has 0 atom stereocenters. The van der Waals surface area contributed by atoms with Crippen LogP contribution in [0.1, 0.15) is 36.0 Å². The number of carbonyl (C=O) groups is 1. The molecule has 7 nitrogen and oxygen atoms in total. The maximum Gasteiger partial charge on any atom is 0.255 e. The molecule has 1 aliphatic rings. The number of benzene rings is 2. The molecular weight excluding hydrogens is 426 g/mol. The minimum atomic E-state index is -3.82. The standard InChI is InChI=1S/C21H26ClN3O4S/c1-25(2)18-10-9-16(13-17(18)22)23-21(26)14-8-11-19(29-3)20(12-14)30(27,28)24-15-6-4-5-7-15/h8-13,15,24H,4-7H2,1-3H3,(H,23,26). The Morgan fingerprint density at radius 1 is 1.13 bits per heavy atom. The molecule has 2 aromatic carbocycles. The highest BCUT2D eigenvalue weighted by atomic mass is 35.5. The molecule has 9 heteroatoms. The van der Waals surface area contributed by atoms with Crippen LogP contribution in [-0.4, -0.2) is 41.6 Å². The normalized spacial score (nSPS) is 14.5. The first-order valence-electron chi connectivity index (χ1n) is 9.70. The van der Waals surface area contributed by atoms with Crippen LogP contribution in [0.15, 0.2) is 41.3 Å². The Kier molecular flexibility index (Phi) is 6.90. The van der Waals surface area contributed by atoms with Crippen molar-refractivity contribution in [2.75, 3.05) is 31.4 Å². The molecule has 0 aromatic heterocycles. The van der Waals surface area contributed by atoms with Crippen molar-refractivity contribution in [2.24, 2.45) is 0 Å². The number of nitrogens with zero attached hydrogens (tertiary/aromatic N) is 1. The van der Waals surface area contributed by atoms with Crippen LogP contribution in [0.4, 0.5) is 11.4 Å². The lowest BCUT2D eigenvalue weighted by molar-refractivity contribution is 0.102. The molecule has 0 unspecified atom stereocenters. The smallest absolute Gasteiger partial charge is 0.255 e. The number of hydrogen-bond donors (Lipinski definition) is 2. The van der Waals surface area contributed by atoms with Gasteiger partial charge in [-0.2, -0.15) is 0 Å². The Balaban J connectivity index is 1.85. The van der Waals surface area contributed by atoms with Crippen molar-refractivity contribution in [2.45, 2.75) is 36.6 Å². The van der Waals surface area contributed by atoms with Crippen molar-refractivity contribution >= 4 is 38.9 Å². The first-order valence-corrected chi connectivity index (χ1v) is 11.6. The number of nitrogens with one attached hydrogen (secondary N) is 2. The van der Waals surface area contributed by atoms with Gasteiger partial charge in [0.05, 0.1) is 17.8 Å². The van der Waals surface area contributed by atoms with E-state index < -0.39 is 15.9 Å². The van der Waals surface area contributed by atoms with E-state index in [-0.39, 0.29) is 22.3 Å². The van der Waals surface area contributed by atoms with Crippen molar-refractivity contribution in [1.82, 2.24) is 4.72 Å². The largest absolute Gasteiger partial charge is 0.495 e. The molecule has 30 heavy (non-hydrogen) atoms. The fourth-order valence-corrected chi connectivity index (χ4v) is 5.35. The molecule has 1 amide bonds. The van der Waals surface area contributed by atoms with E-state index in [1.807, 2.05) is 19.0 Å². The number of carbonyl (C=O) groups excluding carboxylic acids is 1. The number of methoxy groups -OCH3 is 1. The molecule has 0 radical (unpaired) electrons. The van der Waals surface area contributed by atoms with E-state index in [1.165, 1.54) is 25.3 Å². The van der Waals surface area contributed by atoms with Crippen LogP contribution >= 0.6 is 11.6 Å². The predicted molar refractivity (Wildman–Crippen MR) is 119 cm³/mol. The summed E-state index contributed by atoms with van der Waals surface area (Å²) >= 11 is 6.26. The number of hydrogen-bond acceptors (Lipinski definition) is 5. The van der Waals surface area contributed by atoms with Crippen molar-refractivity contribution < 1.29 is 17.9 Å². The maximum atomic E-state index is 12.9. The summed E-state index contributed by atoms with van der Waals surface area (Å²) in [7, 11) is 1.33. The maximum absolute atomic E-state index is 12.9. The molecule has 1 aliphatic carbocycles. The second-order valence-corrected chi connectivity index (χ2v) is 9.57. The molecule has 0 spiro atoms. The molecule has 2 aromatic rings. The lowest BCUT2D eigenvalue weighted by Crippen LogP contribution is -2.33. The third-order valence-electron chi connectivity index (χ3n) is 5.08. The minimum Gasteiger partial charge on any atom is -0.495 e. The van der Waals surface area contributed by atoms with Gasteiger partial charge >= 0.3 is 0 Å². The van der Waals surface area contributed by atoms with E-state index in [0.29, 0.717) is 10.7 Å². The van der Waals surface area contributed by atoms with E-state index in [9.17, 15) is 13.2 Å². The molecule has 2 N–H and O–H groups in total. The topological polar surface area (TPSA) is 87.7 Å². The van der Waals surface area contributed by atoms with E-state index in [4.69, 9.17) is 16.3 Å². The molecule has 1 fully saturated rings. The number of rotatable bonds is 7. The SMILES string of the molecule is COc1ccc(C(=O)Nc2ccc(N(C)C)c(Cl)c2)cc1S(=O)(=O)NC1CCCC1. The van der Waals surface area contributed by atoms with Gasteiger partial charge in [-0.05, 0) is 49.2 Å². The van der Waals surface area contributed by atoms with Crippen LogP contribution in [0.5, 0.6) is 5.75 Å². The summed E-state index contributed by atoms with van der Waals surface area (Å²) in [6.07, 6.45) is 3.63. The fraction of sp³-hybridized carbons (Fsp3) is 0.381. The number of anilines is 2. The molecule has 0 bridgehead atoms. The Labute approximate surface area is 182 Å². The number of ether oxygens (including phenoxy) is 1. The van der Waals surface area contributed by atoms with Gasteiger partial charge in [0.15, 0.2) is 0 Å². The van der Waals surface area contributed by atoms with Crippen LogP contribution in [0.3, 0.4) is 0 Å². The van der Waals surface area contributed by atoms with Crippen LogP contribution in [-0.2, 0) is 10.0 Å². The van der Waals surface area contributed by atoms with Gasteiger partial charge in [0.1, 0.15) is 10.6 Å². The summed E-state index contributed by atoms with van der Waals surface area (Å²) in [5, 5.41) is 3.25. The second kappa shape index (κ2) is 9.24. The first-order chi connectivity index (χ1) is 14.2. The van der Waals surface area contributed by atoms with E-state index in [1.54, 1.807) is 18.2 Å². The van der Waals surface area contributed by atoms with Gasteiger partial charge in [0.2, 0.25) is 10.0 Å². The summed E-state index contributed by atoms with van der Waals surface area (Å²) < 4.78 is 33.8. The third-order valence-corrected chi connectivity index (χ3v) is 6.92. The van der Waals surface area contributed by atoms with E-state index in [0.717, 1.165) is 31.4 Å². The lowest BCUT2D eigenvalue weighted by Gasteiger charge is -2.16. The van der Waals surface area contributed by atoms with Crippen molar-refractivity contribution in [3.63, 3.8) is 0 Å². The molecule has 0 heterocycles. The Hall–Kier alpha value is -2.29. The highest BCUT2D eigenvalue weighted by Gasteiger charge is 2.26. The summed E-state index contributed by atoms with van der Waals surface area (Å²) in [6.45, 7) is 0. The number of sulfonamides is 1. The van der Waals surface area contributed by atoms with Crippen molar-refractivity contribution in [3.05, 3.63) is 47.0 Å². The summed E-state index contributed by atoms with van der Waals surface area (Å²) in [6, 6.07) is 9.45. The van der Waals surface area contributed by atoms with Crippen molar-refractivity contribution in [3.8, 4) is 5.75 Å². The minimum absolute atomic E-state index is 0.0504. The second-order valence-electron chi connectivity index (χ2n) is 7.48. The van der Waals surface area contributed by atoms with Crippen molar-refractivity contribution in [1.29, 1.82) is 0 Å². The van der Waals surface area contributed by atoms with Gasteiger partial charge in [-0.3, -0.25) is 4.79 Å². The zero-order valence-electron chi connectivity index (χ0n) is 17.2. The third kappa shape index (κ3) is 5.06. The van der Waals surface area contributed by atoms with Gasteiger partial charge in [-0.15, -0.1) is 0 Å². The average molecular weight is 452 g/mol. The molecular formula is C21H26ClN3O4S. The zero-order valence-corrected chi connectivity index (χ0v) is 18.8. The van der Waals surface area contributed by atoms with Crippen LogP contribution in [0.2, 0.25) is 5.02 Å². The van der Waals surface area contributed by atoms with E-state index >= 15 is 0 Å². The monoisotopic (exact) mass is 451 g/mol. The Morgan fingerprint density at radius 2 is 1.83 bits per heavy atom. The van der Waals surface area contributed by atoms with Crippen LogP contribution in [0, 0.1) is 0 Å². The highest BCUT2D eigenvalue weighted by molar-refractivity contribution is 7.89. The van der Waals surface area contributed by atoms with Gasteiger partial charge < -0.3 is 15.0 Å². The summed E-state index contributed by atoms with van der Waals surface area (Å²) in [5.74, 6) is -0.251. The highest BCUT2D eigenvalue weighted by Crippen LogP contribution is 2.29. The van der Waals surface area contributed by atoms with Crippen LogP contribution < -0.4 is 19.7 Å². The van der Waals surface area contributed by atoms with Crippen LogP contribution in [0.25, 0.3) is 0 Å². The Bertz CT molecular complexity index is 1030. The number of amides is 1. The lowest BCUT2D eigenvalue weighted by atomic mass is 10.2. The fourth-order valence-electron chi connectivity index (χ4n) is 3.51. The average Bonchev–Trinajstić information content (AvgIpc) is 3.19. The number of halogens is 1. The quantitative estimate of drug-likeness (QED) is 0.666. The molecule has 0 saturated heterocycles. The summed E-state index contributed by atoms with van der Waals surface area (Å²) in [5.41, 5.74) is 1.54. The molecule has 162 valence electrons. The molecule has 3 rings (SSSR count). The molecule has 1 saturated carbocycles. The first kappa shape index (κ1) is 22.4. The van der Waals surface area contributed by atoms with Gasteiger partial charge in [0.25, 0.3) is 5.91 Å². The summed E-state index contributed by atoms with van der Waals surface area (Å²) in [4.78, 5) is 14.6. The predicted octanol–water partition coefficient (Wildman–Crippen LogP) is 3.89. The Morgan fingerprint density at radius 3 is 2.43 bits per heavy atom. The zero-order chi connectivity index (χ0) is 21.9. The van der Waals surface area contributed by atoms with Gasteiger partial charge in [-0.25, -0.2) is 13.1 Å². The molecule has 0 aliphatic heterocycles. The van der Waals surface area contributed by atoms with Gasteiger partial charge in [-0.1, -0.05) is 24.4 Å². The van der Waals surface area contributed by atoms with E-state index in [2.05, 4.69) is 10.0 Å².